The third-order valence-electron chi connectivity index (χ3n) is 4.09. The van der Waals surface area contributed by atoms with Crippen molar-refractivity contribution in [3.63, 3.8) is 0 Å². The van der Waals surface area contributed by atoms with Crippen molar-refractivity contribution in [3.8, 4) is 11.4 Å². The molecule has 0 unspecified atom stereocenters. The first kappa shape index (κ1) is 17.0. The highest BCUT2D eigenvalue weighted by Gasteiger charge is 2.06. The van der Waals surface area contributed by atoms with Crippen LogP contribution in [-0.2, 0) is 17.8 Å². The van der Waals surface area contributed by atoms with E-state index in [0.29, 0.717) is 13.0 Å². The Labute approximate surface area is 148 Å². The SMILES string of the molecule is Cc1cccc(CC(=O)NCCCn2ccnc2-c2ccccc2)c1. The average Bonchev–Trinajstić information content (AvgIpc) is 3.08. The summed E-state index contributed by atoms with van der Waals surface area (Å²) in [5, 5.41) is 3.00. The highest BCUT2D eigenvalue weighted by atomic mass is 16.1. The van der Waals surface area contributed by atoms with Crippen molar-refractivity contribution >= 4 is 5.91 Å². The molecule has 0 saturated carbocycles. The van der Waals surface area contributed by atoms with Crippen LogP contribution in [0.3, 0.4) is 0 Å². The van der Waals surface area contributed by atoms with Crippen LogP contribution in [0.25, 0.3) is 11.4 Å². The van der Waals surface area contributed by atoms with Gasteiger partial charge in [-0.1, -0.05) is 60.2 Å². The molecule has 0 radical (unpaired) electrons. The normalized spacial score (nSPS) is 10.6. The Morgan fingerprint density at radius 3 is 2.76 bits per heavy atom. The van der Waals surface area contributed by atoms with E-state index in [1.807, 2.05) is 55.7 Å². The van der Waals surface area contributed by atoms with Crippen molar-refractivity contribution < 1.29 is 4.79 Å². The number of rotatable bonds is 7. The number of nitrogens with zero attached hydrogens (tertiary/aromatic N) is 2. The van der Waals surface area contributed by atoms with E-state index in [1.54, 1.807) is 0 Å². The summed E-state index contributed by atoms with van der Waals surface area (Å²) in [4.78, 5) is 16.5. The number of aromatic nitrogens is 2. The number of carbonyl (C=O) groups excluding carboxylic acids is 1. The highest BCUT2D eigenvalue weighted by molar-refractivity contribution is 5.78. The first-order chi connectivity index (χ1) is 12.2. The quantitative estimate of drug-likeness (QED) is 0.672. The van der Waals surface area contributed by atoms with Crippen LogP contribution < -0.4 is 5.32 Å². The minimum Gasteiger partial charge on any atom is -0.356 e. The zero-order chi connectivity index (χ0) is 17.5. The molecule has 0 spiro atoms. The van der Waals surface area contributed by atoms with Gasteiger partial charge in [0.05, 0.1) is 6.42 Å². The minimum atomic E-state index is 0.0690. The maximum absolute atomic E-state index is 12.0. The molecular weight excluding hydrogens is 310 g/mol. The predicted molar refractivity (Wildman–Crippen MR) is 100 cm³/mol. The van der Waals surface area contributed by atoms with Crippen molar-refractivity contribution in [1.82, 2.24) is 14.9 Å². The van der Waals surface area contributed by atoms with Gasteiger partial charge in [-0.05, 0) is 18.9 Å². The molecule has 0 atom stereocenters. The first-order valence-electron chi connectivity index (χ1n) is 8.61. The van der Waals surface area contributed by atoms with E-state index in [1.165, 1.54) is 5.56 Å². The molecule has 1 N–H and O–H groups in total. The van der Waals surface area contributed by atoms with Crippen molar-refractivity contribution in [2.45, 2.75) is 26.3 Å². The Morgan fingerprint density at radius 1 is 1.12 bits per heavy atom. The van der Waals surface area contributed by atoms with E-state index in [9.17, 15) is 4.79 Å². The van der Waals surface area contributed by atoms with Gasteiger partial charge in [0.25, 0.3) is 0 Å². The van der Waals surface area contributed by atoms with Crippen molar-refractivity contribution in [2.24, 2.45) is 0 Å². The number of imidazole rings is 1. The highest BCUT2D eigenvalue weighted by Crippen LogP contribution is 2.16. The fraction of sp³-hybridized carbons (Fsp3) is 0.238. The Morgan fingerprint density at radius 2 is 1.96 bits per heavy atom. The van der Waals surface area contributed by atoms with E-state index < -0.39 is 0 Å². The Balaban J connectivity index is 1.46. The zero-order valence-electron chi connectivity index (χ0n) is 14.5. The number of nitrogens with one attached hydrogen (secondary N) is 1. The number of amides is 1. The van der Waals surface area contributed by atoms with E-state index >= 15 is 0 Å². The van der Waals surface area contributed by atoms with E-state index in [4.69, 9.17) is 0 Å². The summed E-state index contributed by atoms with van der Waals surface area (Å²) in [6.45, 7) is 3.53. The van der Waals surface area contributed by atoms with Crippen LogP contribution in [-0.4, -0.2) is 22.0 Å². The molecule has 4 nitrogen and oxygen atoms in total. The third kappa shape index (κ3) is 4.80. The lowest BCUT2D eigenvalue weighted by molar-refractivity contribution is -0.120. The molecule has 1 heterocycles. The number of hydrogen-bond acceptors (Lipinski definition) is 2. The van der Waals surface area contributed by atoms with Crippen LogP contribution in [0.5, 0.6) is 0 Å². The number of aryl methyl sites for hydroxylation is 2. The Bertz CT molecular complexity index is 824. The molecule has 128 valence electrons. The maximum atomic E-state index is 12.0. The van der Waals surface area contributed by atoms with Gasteiger partial charge < -0.3 is 9.88 Å². The van der Waals surface area contributed by atoms with E-state index in [0.717, 1.165) is 29.9 Å². The molecule has 0 bridgehead atoms. The summed E-state index contributed by atoms with van der Waals surface area (Å²) in [6, 6.07) is 18.2. The monoisotopic (exact) mass is 333 g/mol. The van der Waals surface area contributed by atoms with Gasteiger partial charge in [-0.2, -0.15) is 0 Å². The van der Waals surface area contributed by atoms with Crippen LogP contribution in [0, 0.1) is 6.92 Å². The second kappa shape index (κ2) is 8.29. The Hall–Kier alpha value is -2.88. The fourth-order valence-electron chi connectivity index (χ4n) is 2.88. The van der Waals surface area contributed by atoms with E-state index in [2.05, 4.69) is 33.1 Å². The topological polar surface area (TPSA) is 46.9 Å². The maximum Gasteiger partial charge on any atom is 0.224 e. The molecule has 25 heavy (non-hydrogen) atoms. The van der Waals surface area contributed by atoms with E-state index in [-0.39, 0.29) is 5.91 Å². The molecule has 1 amide bonds. The molecule has 0 saturated heterocycles. The van der Waals surface area contributed by atoms with Gasteiger partial charge >= 0.3 is 0 Å². The second-order valence-electron chi connectivity index (χ2n) is 6.18. The standard InChI is InChI=1S/C21H23N3O/c1-17-7-5-8-18(15-17)16-20(25)22-11-6-13-24-14-12-23-21(24)19-9-3-2-4-10-19/h2-5,7-10,12,14-15H,6,11,13,16H2,1H3,(H,22,25). The van der Waals surface area contributed by atoms with Crippen molar-refractivity contribution in [2.75, 3.05) is 6.54 Å². The summed E-state index contributed by atoms with van der Waals surface area (Å²) in [6.07, 6.45) is 5.10. The lowest BCUT2D eigenvalue weighted by atomic mass is 10.1. The van der Waals surface area contributed by atoms with Gasteiger partial charge in [0.15, 0.2) is 0 Å². The Kier molecular flexibility index (Phi) is 5.62. The van der Waals surface area contributed by atoms with Crippen LogP contribution in [0.2, 0.25) is 0 Å². The number of benzene rings is 2. The summed E-state index contributed by atoms with van der Waals surface area (Å²) in [7, 11) is 0. The minimum absolute atomic E-state index is 0.0690. The molecule has 3 aromatic rings. The molecular formula is C21H23N3O. The third-order valence-corrected chi connectivity index (χ3v) is 4.09. The smallest absolute Gasteiger partial charge is 0.224 e. The van der Waals surface area contributed by atoms with Gasteiger partial charge in [0.2, 0.25) is 5.91 Å². The molecule has 4 heteroatoms. The summed E-state index contributed by atoms with van der Waals surface area (Å²) < 4.78 is 2.13. The fourth-order valence-corrected chi connectivity index (χ4v) is 2.88. The lowest BCUT2D eigenvalue weighted by Crippen LogP contribution is -2.26. The molecule has 3 rings (SSSR count). The van der Waals surface area contributed by atoms with Crippen LogP contribution in [0.15, 0.2) is 67.0 Å². The van der Waals surface area contributed by atoms with Gasteiger partial charge in [0.1, 0.15) is 5.82 Å². The second-order valence-corrected chi connectivity index (χ2v) is 6.18. The predicted octanol–water partition coefficient (Wildman–Crippen LogP) is 3.61. The van der Waals surface area contributed by atoms with Crippen LogP contribution >= 0.6 is 0 Å². The van der Waals surface area contributed by atoms with Crippen molar-refractivity contribution in [3.05, 3.63) is 78.1 Å². The summed E-state index contributed by atoms with van der Waals surface area (Å²) >= 11 is 0. The molecule has 0 aliphatic heterocycles. The molecule has 2 aromatic carbocycles. The number of hydrogen-bond donors (Lipinski definition) is 1. The van der Waals surface area contributed by atoms with Gasteiger partial charge in [-0.3, -0.25) is 4.79 Å². The van der Waals surface area contributed by atoms with Crippen LogP contribution in [0.1, 0.15) is 17.5 Å². The first-order valence-corrected chi connectivity index (χ1v) is 8.61. The number of carbonyl (C=O) groups is 1. The average molecular weight is 333 g/mol. The van der Waals surface area contributed by atoms with Gasteiger partial charge in [0, 0.05) is 31.0 Å². The molecule has 1 aromatic heterocycles. The molecule has 0 fully saturated rings. The lowest BCUT2D eigenvalue weighted by Gasteiger charge is -2.09. The van der Waals surface area contributed by atoms with Crippen molar-refractivity contribution in [1.29, 1.82) is 0 Å². The van der Waals surface area contributed by atoms with Crippen LogP contribution in [0.4, 0.5) is 0 Å². The largest absolute Gasteiger partial charge is 0.356 e. The van der Waals surface area contributed by atoms with Gasteiger partial charge in [-0.15, -0.1) is 0 Å². The zero-order valence-corrected chi connectivity index (χ0v) is 14.5. The summed E-state index contributed by atoms with van der Waals surface area (Å²) in [5.74, 6) is 1.03. The molecule has 0 aliphatic rings. The summed E-state index contributed by atoms with van der Waals surface area (Å²) in [5.41, 5.74) is 3.34. The molecule has 0 aliphatic carbocycles. The van der Waals surface area contributed by atoms with Gasteiger partial charge in [-0.25, -0.2) is 4.98 Å².